The van der Waals surface area contributed by atoms with Gasteiger partial charge in [-0.2, -0.15) is 0 Å². The number of nitrogens with one attached hydrogen (secondary N) is 3. The number of carbonyl (C=O) groups is 3. The van der Waals surface area contributed by atoms with Gasteiger partial charge >= 0.3 is 0 Å². The van der Waals surface area contributed by atoms with Gasteiger partial charge in [-0.3, -0.25) is 14.4 Å². The lowest BCUT2D eigenvalue weighted by Crippen LogP contribution is -2.33. The summed E-state index contributed by atoms with van der Waals surface area (Å²) >= 11 is 9.09. The van der Waals surface area contributed by atoms with Gasteiger partial charge in [0.15, 0.2) is 0 Å². The van der Waals surface area contributed by atoms with E-state index in [4.69, 9.17) is 11.6 Å². The fourth-order valence-electron chi connectivity index (χ4n) is 2.16. The standard InChI is InChI=1S/C19H19BrClN3O3/c20-14-5-9-16(10-6-14)24-18(26)12-23-17(25)2-1-11-22-19(27)13-3-7-15(21)8-4-13/h3-10H,1-2,11-12H2,(H,22,27)(H,23,25)(H,24,26). The van der Waals surface area contributed by atoms with Gasteiger partial charge in [0.1, 0.15) is 0 Å². The molecule has 0 fully saturated rings. The molecule has 0 spiro atoms. The van der Waals surface area contributed by atoms with E-state index >= 15 is 0 Å². The van der Waals surface area contributed by atoms with E-state index in [1.807, 2.05) is 12.1 Å². The summed E-state index contributed by atoms with van der Waals surface area (Å²) in [5.74, 6) is -0.774. The first kappa shape index (κ1) is 20.9. The van der Waals surface area contributed by atoms with Crippen molar-refractivity contribution in [2.75, 3.05) is 18.4 Å². The second-order valence-corrected chi connectivity index (χ2v) is 7.05. The van der Waals surface area contributed by atoms with Crippen LogP contribution >= 0.6 is 27.5 Å². The van der Waals surface area contributed by atoms with Gasteiger partial charge in [0.2, 0.25) is 11.8 Å². The zero-order valence-corrected chi connectivity index (χ0v) is 16.8. The number of hydrogen-bond donors (Lipinski definition) is 3. The molecule has 27 heavy (non-hydrogen) atoms. The molecule has 0 saturated heterocycles. The summed E-state index contributed by atoms with van der Waals surface area (Å²) in [7, 11) is 0. The summed E-state index contributed by atoms with van der Waals surface area (Å²) in [5, 5.41) is 8.53. The number of benzene rings is 2. The number of anilines is 1. The van der Waals surface area contributed by atoms with Crippen LogP contribution < -0.4 is 16.0 Å². The fourth-order valence-corrected chi connectivity index (χ4v) is 2.55. The van der Waals surface area contributed by atoms with Gasteiger partial charge in [0.25, 0.3) is 5.91 Å². The van der Waals surface area contributed by atoms with E-state index in [1.54, 1.807) is 36.4 Å². The molecule has 6 nitrogen and oxygen atoms in total. The van der Waals surface area contributed by atoms with Crippen LogP contribution in [0, 0.1) is 0 Å². The fraction of sp³-hybridized carbons (Fsp3) is 0.211. The number of hydrogen-bond acceptors (Lipinski definition) is 3. The van der Waals surface area contributed by atoms with Gasteiger partial charge in [0.05, 0.1) is 6.54 Å². The minimum atomic E-state index is -0.304. The predicted molar refractivity (Wildman–Crippen MR) is 109 cm³/mol. The smallest absolute Gasteiger partial charge is 0.251 e. The minimum absolute atomic E-state index is 0.105. The summed E-state index contributed by atoms with van der Waals surface area (Å²) in [6, 6.07) is 13.7. The Kier molecular flexibility index (Phi) is 8.29. The van der Waals surface area contributed by atoms with Gasteiger partial charge in [-0.1, -0.05) is 27.5 Å². The van der Waals surface area contributed by atoms with Gasteiger partial charge < -0.3 is 16.0 Å². The van der Waals surface area contributed by atoms with Crippen molar-refractivity contribution in [3.63, 3.8) is 0 Å². The van der Waals surface area contributed by atoms with Crippen LogP contribution in [0.3, 0.4) is 0 Å². The topological polar surface area (TPSA) is 87.3 Å². The number of rotatable bonds is 8. The molecule has 0 atom stereocenters. The third-order valence-corrected chi connectivity index (χ3v) is 4.33. The Bertz CT molecular complexity index is 795. The van der Waals surface area contributed by atoms with E-state index in [2.05, 4.69) is 31.9 Å². The van der Waals surface area contributed by atoms with Crippen LogP contribution in [0.4, 0.5) is 5.69 Å². The number of carbonyl (C=O) groups excluding carboxylic acids is 3. The van der Waals surface area contributed by atoms with E-state index in [-0.39, 0.29) is 30.7 Å². The molecule has 0 aliphatic heterocycles. The molecule has 0 radical (unpaired) electrons. The average Bonchev–Trinajstić information content (AvgIpc) is 2.66. The summed E-state index contributed by atoms with van der Waals surface area (Å²) in [4.78, 5) is 35.5. The molecule has 142 valence electrons. The Morgan fingerprint density at radius 3 is 2.22 bits per heavy atom. The normalized spacial score (nSPS) is 10.1. The Morgan fingerprint density at radius 2 is 1.56 bits per heavy atom. The third kappa shape index (κ3) is 7.80. The van der Waals surface area contributed by atoms with Crippen molar-refractivity contribution in [3.05, 3.63) is 63.6 Å². The summed E-state index contributed by atoms with van der Waals surface area (Å²) < 4.78 is 0.914. The molecule has 0 aliphatic carbocycles. The lowest BCUT2D eigenvalue weighted by Gasteiger charge is -2.08. The molecular formula is C19H19BrClN3O3. The Balaban J connectivity index is 1.60. The first-order valence-corrected chi connectivity index (χ1v) is 9.47. The van der Waals surface area contributed by atoms with Crippen molar-refractivity contribution in [3.8, 4) is 0 Å². The Morgan fingerprint density at radius 1 is 0.889 bits per heavy atom. The summed E-state index contributed by atoms with van der Waals surface area (Å²) in [6.45, 7) is 0.256. The highest BCUT2D eigenvalue weighted by atomic mass is 79.9. The highest BCUT2D eigenvalue weighted by Crippen LogP contribution is 2.13. The predicted octanol–water partition coefficient (Wildman–Crippen LogP) is 3.37. The van der Waals surface area contributed by atoms with E-state index in [0.29, 0.717) is 29.2 Å². The van der Waals surface area contributed by atoms with Crippen LogP contribution in [0.1, 0.15) is 23.2 Å². The first-order chi connectivity index (χ1) is 12.9. The first-order valence-electron chi connectivity index (χ1n) is 8.30. The third-order valence-electron chi connectivity index (χ3n) is 3.55. The van der Waals surface area contributed by atoms with E-state index in [9.17, 15) is 14.4 Å². The van der Waals surface area contributed by atoms with Crippen molar-refractivity contribution in [1.29, 1.82) is 0 Å². The van der Waals surface area contributed by atoms with Gasteiger partial charge in [-0.25, -0.2) is 0 Å². The van der Waals surface area contributed by atoms with Crippen molar-refractivity contribution in [2.45, 2.75) is 12.8 Å². The molecule has 2 aromatic rings. The van der Waals surface area contributed by atoms with Crippen LogP contribution in [-0.4, -0.2) is 30.8 Å². The Labute approximate surface area is 170 Å². The number of amides is 3. The van der Waals surface area contributed by atoms with Crippen LogP contribution in [-0.2, 0) is 9.59 Å². The highest BCUT2D eigenvalue weighted by molar-refractivity contribution is 9.10. The van der Waals surface area contributed by atoms with E-state index < -0.39 is 0 Å². The molecule has 0 heterocycles. The number of halogens is 2. The maximum Gasteiger partial charge on any atom is 0.251 e. The zero-order valence-electron chi connectivity index (χ0n) is 14.4. The molecule has 0 bridgehead atoms. The van der Waals surface area contributed by atoms with Crippen LogP contribution in [0.5, 0.6) is 0 Å². The molecule has 2 rings (SSSR count). The molecule has 3 N–H and O–H groups in total. The van der Waals surface area contributed by atoms with Crippen molar-refractivity contribution in [2.24, 2.45) is 0 Å². The van der Waals surface area contributed by atoms with E-state index in [0.717, 1.165) is 4.47 Å². The van der Waals surface area contributed by atoms with Gasteiger partial charge in [-0.05, 0) is 55.0 Å². The highest BCUT2D eigenvalue weighted by Gasteiger charge is 2.08. The van der Waals surface area contributed by atoms with Crippen LogP contribution in [0.15, 0.2) is 53.0 Å². The van der Waals surface area contributed by atoms with Crippen LogP contribution in [0.25, 0.3) is 0 Å². The van der Waals surface area contributed by atoms with Gasteiger partial charge in [-0.15, -0.1) is 0 Å². The molecular weight excluding hydrogens is 434 g/mol. The zero-order chi connectivity index (χ0) is 19.6. The van der Waals surface area contributed by atoms with E-state index in [1.165, 1.54) is 0 Å². The molecule has 3 amide bonds. The SMILES string of the molecule is O=C(CCCNC(=O)c1ccc(Cl)cc1)NCC(=O)Nc1ccc(Br)cc1. The summed E-state index contributed by atoms with van der Waals surface area (Å²) in [6.07, 6.45) is 0.686. The molecule has 0 aliphatic rings. The van der Waals surface area contributed by atoms with Crippen molar-refractivity contribution in [1.82, 2.24) is 10.6 Å². The maximum absolute atomic E-state index is 11.9. The molecule has 2 aromatic carbocycles. The molecule has 0 unspecified atom stereocenters. The Hall–Kier alpha value is -2.38. The minimum Gasteiger partial charge on any atom is -0.352 e. The maximum atomic E-state index is 11.9. The summed E-state index contributed by atoms with van der Waals surface area (Å²) in [5.41, 5.74) is 1.16. The molecule has 0 saturated carbocycles. The molecule has 0 aromatic heterocycles. The van der Waals surface area contributed by atoms with Crippen LogP contribution in [0.2, 0.25) is 5.02 Å². The quantitative estimate of drug-likeness (QED) is 0.537. The second-order valence-electron chi connectivity index (χ2n) is 5.70. The second kappa shape index (κ2) is 10.7. The molecule has 8 heteroatoms. The van der Waals surface area contributed by atoms with Crippen molar-refractivity contribution < 1.29 is 14.4 Å². The van der Waals surface area contributed by atoms with Crippen molar-refractivity contribution >= 4 is 50.9 Å². The lowest BCUT2D eigenvalue weighted by molar-refractivity contribution is -0.124. The largest absolute Gasteiger partial charge is 0.352 e. The van der Waals surface area contributed by atoms with Gasteiger partial charge in [0, 0.05) is 33.7 Å². The lowest BCUT2D eigenvalue weighted by atomic mass is 10.2. The monoisotopic (exact) mass is 451 g/mol. The average molecular weight is 453 g/mol.